The van der Waals surface area contributed by atoms with E-state index in [0.717, 1.165) is 38.5 Å². The molecule has 0 amide bonds. The molecule has 1 aliphatic rings. The maximum absolute atomic E-state index is 12.8. The second-order valence-corrected chi connectivity index (χ2v) is 18.4. The van der Waals surface area contributed by atoms with Crippen LogP contribution in [0.5, 0.6) is 0 Å². The summed E-state index contributed by atoms with van der Waals surface area (Å²) in [6, 6.07) is 0. The van der Waals surface area contributed by atoms with Gasteiger partial charge in [-0.2, -0.15) is 0 Å². The molecule has 0 saturated heterocycles. The zero-order valence-corrected chi connectivity index (χ0v) is 38.2. The molecule has 350 valence electrons. The molecule has 0 aromatic carbocycles. The Hall–Kier alpha value is -0.920. The summed E-state index contributed by atoms with van der Waals surface area (Å²) in [6.45, 7) is 4.27. The fraction of sp³-hybridized carbons (Fsp3) is 0.935. The topological polar surface area (TPSA) is 192 Å². The molecule has 0 bridgehead atoms. The molecule has 1 fully saturated rings. The standard InChI is InChI=1S/C46H89O12P/c1-3-5-7-9-11-13-15-17-19-20-21-22-24-26-28-30-32-34-36-55-37-39(38-56-59(53,54)58-46-44(51)42(49)41(48)43(50)45(46)52)57-40(47)35-33-31-29-27-25-23-18-16-14-12-10-8-6-4-2/h17,19,39,41-46,48-52H,3-16,18,20-38H2,1-2H3,(H,53,54)/b19-17-. The van der Waals surface area contributed by atoms with Crippen LogP contribution in [0, 0.1) is 0 Å². The number of phosphoric acid groups is 1. The molecule has 12 nitrogen and oxygen atoms in total. The Morgan fingerprint density at radius 1 is 0.525 bits per heavy atom. The fourth-order valence-electron chi connectivity index (χ4n) is 7.53. The van der Waals surface area contributed by atoms with Gasteiger partial charge in [-0.3, -0.25) is 13.8 Å². The number of allylic oxidation sites excluding steroid dienone is 2. The highest BCUT2D eigenvalue weighted by Crippen LogP contribution is 2.47. The number of aliphatic hydroxyl groups excluding tert-OH is 5. The largest absolute Gasteiger partial charge is 0.472 e. The highest BCUT2D eigenvalue weighted by Gasteiger charge is 2.51. The Balaban J connectivity index is 2.36. The molecule has 0 aliphatic heterocycles. The van der Waals surface area contributed by atoms with E-state index in [-0.39, 0.29) is 13.0 Å². The first-order chi connectivity index (χ1) is 28.5. The molecule has 1 rings (SSSR count). The van der Waals surface area contributed by atoms with Crippen molar-refractivity contribution < 1.29 is 58.3 Å². The number of carbonyl (C=O) groups excluding carboxylic acids is 1. The zero-order valence-electron chi connectivity index (χ0n) is 37.3. The van der Waals surface area contributed by atoms with Crippen LogP contribution in [0.25, 0.3) is 0 Å². The third-order valence-corrected chi connectivity index (χ3v) is 12.4. The van der Waals surface area contributed by atoms with Gasteiger partial charge in [0.15, 0.2) is 0 Å². The van der Waals surface area contributed by atoms with Gasteiger partial charge in [-0.1, -0.05) is 180 Å². The summed E-state index contributed by atoms with van der Waals surface area (Å²) in [4.78, 5) is 23.2. The van der Waals surface area contributed by atoms with E-state index in [9.17, 15) is 39.8 Å². The molecule has 0 heterocycles. The highest BCUT2D eigenvalue weighted by molar-refractivity contribution is 7.47. The number of carbonyl (C=O) groups is 1. The number of aliphatic hydroxyl groups is 5. The minimum atomic E-state index is -5.01. The lowest BCUT2D eigenvalue weighted by Gasteiger charge is -2.41. The molecular formula is C46H89O12P. The van der Waals surface area contributed by atoms with E-state index in [1.807, 2.05) is 0 Å². The Morgan fingerprint density at radius 2 is 0.898 bits per heavy atom. The predicted octanol–water partition coefficient (Wildman–Crippen LogP) is 9.92. The van der Waals surface area contributed by atoms with Crippen LogP contribution in [-0.2, 0) is 27.9 Å². The van der Waals surface area contributed by atoms with Crippen LogP contribution in [0.15, 0.2) is 12.2 Å². The van der Waals surface area contributed by atoms with Gasteiger partial charge in [0, 0.05) is 13.0 Å². The average molecular weight is 865 g/mol. The van der Waals surface area contributed by atoms with E-state index in [2.05, 4.69) is 26.0 Å². The minimum Gasteiger partial charge on any atom is -0.457 e. The van der Waals surface area contributed by atoms with Gasteiger partial charge in [-0.25, -0.2) is 4.57 Å². The van der Waals surface area contributed by atoms with Crippen LogP contribution in [0.4, 0.5) is 0 Å². The van der Waals surface area contributed by atoms with Gasteiger partial charge in [-0.05, 0) is 38.5 Å². The monoisotopic (exact) mass is 865 g/mol. The van der Waals surface area contributed by atoms with Gasteiger partial charge in [0.1, 0.15) is 42.7 Å². The number of hydrogen-bond donors (Lipinski definition) is 6. The number of phosphoric ester groups is 1. The Kier molecular flexibility index (Phi) is 35.8. The van der Waals surface area contributed by atoms with Crippen molar-refractivity contribution in [3.8, 4) is 0 Å². The normalized spacial score (nSPS) is 22.5. The maximum Gasteiger partial charge on any atom is 0.472 e. The molecule has 13 heteroatoms. The van der Waals surface area contributed by atoms with Gasteiger partial charge in [-0.15, -0.1) is 0 Å². The second kappa shape index (κ2) is 37.6. The van der Waals surface area contributed by atoms with Crippen molar-refractivity contribution in [1.82, 2.24) is 0 Å². The van der Waals surface area contributed by atoms with Gasteiger partial charge >= 0.3 is 13.8 Å². The summed E-state index contributed by atoms with van der Waals surface area (Å²) < 4.78 is 34.2. The molecule has 1 aliphatic carbocycles. The van der Waals surface area contributed by atoms with Gasteiger partial charge in [0.2, 0.25) is 0 Å². The van der Waals surface area contributed by atoms with Crippen molar-refractivity contribution in [2.45, 2.75) is 256 Å². The molecule has 1 saturated carbocycles. The van der Waals surface area contributed by atoms with E-state index in [1.54, 1.807) is 0 Å². The first-order valence-corrected chi connectivity index (χ1v) is 25.5. The summed E-state index contributed by atoms with van der Waals surface area (Å²) >= 11 is 0. The van der Waals surface area contributed by atoms with Crippen LogP contribution in [0.3, 0.4) is 0 Å². The van der Waals surface area contributed by atoms with Gasteiger partial charge in [0.25, 0.3) is 0 Å². The first-order valence-electron chi connectivity index (χ1n) is 24.0. The van der Waals surface area contributed by atoms with E-state index in [1.165, 1.54) is 148 Å². The molecule has 0 aromatic rings. The second-order valence-electron chi connectivity index (χ2n) is 17.0. The summed E-state index contributed by atoms with van der Waals surface area (Å²) in [5.74, 6) is -0.475. The Morgan fingerprint density at radius 3 is 1.34 bits per heavy atom. The van der Waals surface area contributed by atoms with Crippen LogP contribution >= 0.6 is 7.82 Å². The summed E-state index contributed by atoms with van der Waals surface area (Å²) in [5.41, 5.74) is 0. The molecular weight excluding hydrogens is 775 g/mol. The van der Waals surface area contributed by atoms with E-state index >= 15 is 0 Å². The first kappa shape index (κ1) is 56.1. The summed E-state index contributed by atoms with van der Waals surface area (Å²) in [7, 11) is -5.01. The Bertz CT molecular complexity index is 1030. The van der Waals surface area contributed by atoms with E-state index in [4.69, 9.17) is 18.5 Å². The van der Waals surface area contributed by atoms with Crippen molar-refractivity contribution in [2.24, 2.45) is 0 Å². The third-order valence-electron chi connectivity index (χ3n) is 11.4. The SMILES string of the molecule is CCCCCCCC/C=C\CCCCCCCCCCOCC(COP(=O)(O)OC1C(O)C(O)C(O)C(O)C1O)OC(=O)CCCCCCCCCCCCCCCC. The maximum atomic E-state index is 12.8. The number of rotatable bonds is 41. The van der Waals surface area contributed by atoms with Gasteiger partial charge < -0.3 is 39.9 Å². The smallest absolute Gasteiger partial charge is 0.457 e. The van der Waals surface area contributed by atoms with Crippen molar-refractivity contribution in [2.75, 3.05) is 19.8 Å². The molecule has 0 aromatic heterocycles. The molecule has 59 heavy (non-hydrogen) atoms. The number of esters is 1. The fourth-order valence-corrected chi connectivity index (χ4v) is 8.50. The van der Waals surface area contributed by atoms with Crippen molar-refractivity contribution in [3.05, 3.63) is 12.2 Å². The number of hydrogen-bond acceptors (Lipinski definition) is 11. The lowest BCUT2D eigenvalue weighted by atomic mass is 9.85. The van der Waals surface area contributed by atoms with Crippen LogP contribution in [0.2, 0.25) is 0 Å². The van der Waals surface area contributed by atoms with Crippen LogP contribution in [-0.4, -0.2) is 98.9 Å². The molecule has 6 atom stereocenters. The van der Waals surface area contributed by atoms with Crippen molar-refractivity contribution in [1.29, 1.82) is 0 Å². The van der Waals surface area contributed by atoms with Crippen molar-refractivity contribution >= 4 is 13.8 Å². The van der Waals surface area contributed by atoms with E-state index in [0.29, 0.717) is 13.0 Å². The summed E-state index contributed by atoms with van der Waals surface area (Å²) in [5, 5.41) is 50.2. The minimum absolute atomic E-state index is 0.0732. The quantitative estimate of drug-likeness (QED) is 0.0148. The lowest BCUT2D eigenvalue weighted by Crippen LogP contribution is -2.64. The average Bonchev–Trinajstić information content (AvgIpc) is 3.22. The van der Waals surface area contributed by atoms with Gasteiger partial charge in [0.05, 0.1) is 13.2 Å². The lowest BCUT2D eigenvalue weighted by molar-refractivity contribution is -0.220. The molecule has 0 radical (unpaired) electrons. The predicted molar refractivity (Wildman–Crippen MR) is 235 cm³/mol. The number of unbranched alkanes of at least 4 members (excludes halogenated alkanes) is 27. The van der Waals surface area contributed by atoms with Crippen molar-refractivity contribution in [3.63, 3.8) is 0 Å². The molecule has 6 unspecified atom stereocenters. The number of ether oxygens (including phenoxy) is 2. The summed E-state index contributed by atoms with van der Waals surface area (Å²) in [6.07, 6.45) is 28.5. The Labute approximate surface area is 358 Å². The van der Waals surface area contributed by atoms with Crippen LogP contribution in [0.1, 0.15) is 213 Å². The molecule has 6 N–H and O–H groups in total. The third kappa shape index (κ3) is 29.9. The molecule has 0 spiro atoms. The van der Waals surface area contributed by atoms with Crippen LogP contribution < -0.4 is 0 Å². The van der Waals surface area contributed by atoms with E-state index < -0.39 is 63.1 Å². The highest BCUT2D eigenvalue weighted by atomic mass is 31.2. The zero-order chi connectivity index (χ0) is 43.4.